The van der Waals surface area contributed by atoms with Gasteiger partial charge in [-0.15, -0.1) is 0 Å². The lowest BCUT2D eigenvalue weighted by Crippen LogP contribution is -2.54. The third kappa shape index (κ3) is 3.43. The molecule has 0 spiro atoms. The monoisotopic (exact) mass is 451 g/mol. The van der Waals surface area contributed by atoms with Crippen molar-refractivity contribution in [3.63, 3.8) is 0 Å². The first-order valence-electron chi connectivity index (χ1n) is 14.1. The second-order valence-electron chi connectivity index (χ2n) is 12.9. The molecule has 1 saturated heterocycles. The minimum atomic E-state index is -0.711. The van der Waals surface area contributed by atoms with Gasteiger partial charge in [-0.3, -0.25) is 0 Å². The topological polar surface area (TPSA) is 36.6 Å². The Labute approximate surface area is 201 Å². The maximum absolute atomic E-state index is 11.9. The van der Waals surface area contributed by atoms with E-state index in [1.54, 1.807) is 18.1 Å². The fourth-order valence-corrected chi connectivity index (χ4v) is 9.76. The van der Waals surface area contributed by atoms with Gasteiger partial charge in [-0.1, -0.05) is 25.5 Å². The number of furan rings is 1. The highest BCUT2D eigenvalue weighted by atomic mass is 16.3. The third-order valence-corrected chi connectivity index (χ3v) is 11.6. The van der Waals surface area contributed by atoms with Crippen molar-refractivity contribution in [2.45, 2.75) is 96.5 Å². The Bertz CT molecular complexity index is 870. The fourth-order valence-electron chi connectivity index (χ4n) is 9.76. The lowest BCUT2D eigenvalue weighted by molar-refractivity contribution is -0.133. The summed E-state index contributed by atoms with van der Waals surface area (Å²) in [7, 11) is 0. The van der Waals surface area contributed by atoms with Gasteiger partial charge in [0.1, 0.15) is 0 Å². The molecule has 3 nitrogen and oxygen atoms in total. The summed E-state index contributed by atoms with van der Waals surface area (Å²) in [5.74, 6) is 3.10. The molecule has 2 unspecified atom stereocenters. The Morgan fingerprint density at radius 2 is 1.91 bits per heavy atom. The molecule has 7 atom stereocenters. The average molecular weight is 452 g/mol. The number of hydrogen-bond acceptors (Lipinski definition) is 3. The molecular weight excluding hydrogens is 406 g/mol. The van der Waals surface area contributed by atoms with Crippen molar-refractivity contribution in [3.05, 3.63) is 35.8 Å². The highest BCUT2D eigenvalue weighted by molar-refractivity contribution is 5.29. The Balaban J connectivity index is 1.18. The van der Waals surface area contributed by atoms with Crippen LogP contribution in [0.2, 0.25) is 0 Å². The summed E-state index contributed by atoms with van der Waals surface area (Å²) in [5.41, 5.74) is 2.49. The van der Waals surface area contributed by atoms with Gasteiger partial charge < -0.3 is 14.4 Å². The molecule has 1 aliphatic heterocycles. The zero-order chi connectivity index (χ0) is 22.7. The van der Waals surface area contributed by atoms with Crippen LogP contribution in [-0.4, -0.2) is 29.6 Å². The van der Waals surface area contributed by atoms with Crippen LogP contribution in [0.4, 0.5) is 0 Å². The summed E-state index contributed by atoms with van der Waals surface area (Å²) in [6, 6.07) is 2.01. The normalized spacial score (nSPS) is 45.4. The summed E-state index contributed by atoms with van der Waals surface area (Å²) in [4.78, 5) is 2.69. The third-order valence-electron chi connectivity index (χ3n) is 11.6. The largest absolute Gasteiger partial charge is 0.472 e. The molecule has 3 saturated carbocycles. The van der Waals surface area contributed by atoms with Crippen molar-refractivity contribution in [2.24, 2.45) is 34.5 Å². The van der Waals surface area contributed by atoms with Gasteiger partial charge in [0, 0.05) is 11.0 Å². The second-order valence-corrected chi connectivity index (χ2v) is 12.9. The van der Waals surface area contributed by atoms with Gasteiger partial charge in [-0.05, 0) is 132 Å². The second kappa shape index (κ2) is 8.26. The van der Waals surface area contributed by atoms with Crippen LogP contribution in [0.25, 0.3) is 0 Å². The van der Waals surface area contributed by atoms with Crippen molar-refractivity contribution in [1.82, 2.24) is 4.90 Å². The predicted octanol–water partition coefficient (Wildman–Crippen LogP) is 6.92. The molecule has 4 aliphatic carbocycles. The predicted molar refractivity (Wildman–Crippen MR) is 133 cm³/mol. The van der Waals surface area contributed by atoms with Gasteiger partial charge in [0.2, 0.25) is 0 Å². The molecule has 4 fully saturated rings. The fraction of sp³-hybridized carbons (Fsp3) is 0.800. The molecule has 1 aromatic heterocycles. The van der Waals surface area contributed by atoms with Gasteiger partial charge in [0.15, 0.2) is 0 Å². The summed E-state index contributed by atoms with van der Waals surface area (Å²) in [6.07, 6.45) is 21.7. The van der Waals surface area contributed by atoms with Crippen LogP contribution >= 0.6 is 0 Å². The number of hydrogen-bond donors (Lipinski definition) is 1. The highest BCUT2D eigenvalue weighted by Gasteiger charge is 2.64. The average Bonchev–Trinajstić information content (AvgIpc) is 3.55. The Morgan fingerprint density at radius 3 is 2.70 bits per heavy atom. The number of aliphatic hydroxyl groups is 1. The van der Waals surface area contributed by atoms with Crippen LogP contribution in [0.15, 0.2) is 34.7 Å². The van der Waals surface area contributed by atoms with E-state index in [0.29, 0.717) is 11.3 Å². The van der Waals surface area contributed by atoms with Gasteiger partial charge >= 0.3 is 0 Å². The van der Waals surface area contributed by atoms with Crippen LogP contribution in [0.1, 0.15) is 96.5 Å². The van der Waals surface area contributed by atoms with E-state index in [9.17, 15) is 5.11 Å². The first kappa shape index (κ1) is 22.4. The molecule has 2 heterocycles. The van der Waals surface area contributed by atoms with Gasteiger partial charge in [-0.25, -0.2) is 0 Å². The quantitative estimate of drug-likeness (QED) is 0.494. The number of nitrogens with zero attached hydrogens (tertiary/aromatic N) is 1. The van der Waals surface area contributed by atoms with E-state index in [2.05, 4.69) is 24.8 Å². The summed E-state index contributed by atoms with van der Waals surface area (Å²) in [6.45, 7) is 9.04. The van der Waals surface area contributed by atoms with Crippen molar-refractivity contribution in [3.8, 4) is 0 Å². The lowest BCUT2D eigenvalue weighted by atomic mass is 9.45. The molecule has 1 aromatic rings. The minimum Gasteiger partial charge on any atom is -0.472 e. The molecule has 3 heteroatoms. The summed E-state index contributed by atoms with van der Waals surface area (Å²) in [5, 5.41) is 11.9. The molecular formula is C30H45NO2. The van der Waals surface area contributed by atoms with E-state index in [-0.39, 0.29) is 5.41 Å². The van der Waals surface area contributed by atoms with E-state index in [4.69, 9.17) is 4.42 Å². The first-order valence-corrected chi connectivity index (χ1v) is 14.1. The van der Waals surface area contributed by atoms with Gasteiger partial charge in [0.25, 0.3) is 0 Å². The molecule has 5 aliphatic rings. The standard InChI is InChI=1S/C30H45NO2/c1-28-20-22(6-5-18-31-16-3-4-17-31)7-8-23(28)9-10-25-26(28)11-14-29(2)27(25)12-15-30(29,32)24-13-19-33-21-24/h8,13,19,21-22,25-27,32H,3-7,9-12,14-18,20H2,1-2H3/t22?,25-,26-,27+,28+,29+,30?/m1/s1. The van der Waals surface area contributed by atoms with Crippen molar-refractivity contribution in [2.75, 3.05) is 19.6 Å². The van der Waals surface area contributed by atoms with Crippen molar-refractivity contribution in [1.29, 1.82) is 0 Å². The molecule has 1 N–H and O–H groups in total. The van der Waals surface area contributed by atoms with Gasteiger partial charge in [0.05, 0.1) is 18.1 Å². The zero-order valence-corrected chi connectivity index (χ0v) is 21.0. The molecule has 33 heavy (non-hydrogen) atoms. The maximum atomic E-state index is 11.9. The molecule has 182 valence electrons. The van der Waals surface area contributed by atoms with E-state index in [1.165, 1.54) is 83.8 Å². The smallest absolute Gasteiger partial charge is 0.0983 e. The first-order chi connectivity index (χ1) is 15.9. The molecule has 6 rings (SSSR count). The number of likely N-dealkylation sites (tertiary alicyclic amines) is 1. The zero-order valence-electron chi connectivity index (χ0n) is 21.0. The van der Waals surface area contributed by atoms with Crippen LogP contribution in [0.3, 0.4) is 0 Å². The molecule has 0 aromatic carbocycles. The molecule has 0 radical (unpaired) electrons. The van der Waals surface area contributed by atoms with Crippen molar-refractivity contribution < 1.29 is 9.52 Å². The van der Waals surface area contributed by atoms with E-state index in [0.717, 1.165) is 36.2 Å². The van der Waals surface area contributed by atoms with E-state index in [1.807, 2.05) is 6.07 Å². The minimum absolute atomic E-state index is 0.0145. The van der Waals surface area contributed by atoms with Crippen LogP contribution < -0.4 is 0 Å². The van der Waals surface area contributed by atoms with Crippen LogP contribution in [-0.2, 0) is 5.60 Å². The van der Waals surface area contributed by atoms with E-state index >= 15 is 0 Å². The Hall–Kier alpha value is -1.06. The summed E-state index contributed by atoms with van der Waals surface area (Å²) < 4.78 is 5.42. The Kier molecular flexibility index (Phi) is 5.61. The lowest BCUT2D eigenvalue weighted by Gasteiger charge is -2.60. The summed E-state index contributed by atoms with van der Waals surface area (Å²) >= 11 is 0. The number of allylic oxidation sites excluding steroid dienone is 2. The van der Waals surface area contributed by atoms with Crippen molar-refractivity contribution >= 4 is 0 Å². The van der Waals surface area contributed by atoms with Crippen LogP contribution in [0.5, 0.6) is 0 Å². The van der Waals surface area contributed by atoms with Gasteiger partial charge in [-0.2, -0.15) is 0 Å². The highest BCUT2D eigenvalue weighted by Crippen LogP contribution is 2.69. The maximum Gasteiger partial charge on any atom is 0.0983 e. The molecule has 0 bridgehead atoms. The SMILES string of the molecule is C[C@]12CC(CCCN3CCCC3)CC=C1CC[C@@H]1[C@H]2CC[C@@]2(C)[C@H]1CCC2(O)c1ccoc1. The van der Waals surface area contributed by atoms with E-state index < -0.39 is 5.60 Å². The number of rotatable bonds is 5. The Morgan fingerprint density at radius 1 is 1.09 bits per heavy atom. The van der Waals surface area contributed by atoms with Crippen LogP contribution in [0, 0.1) is 34.5 Å². The number of fused-ring (bicyclic) bond motifs is 5. The molecule has 0 amide bonds.